The molecule has 0 bridgehead atoms. The van der Waals surface area contributed by atoms with Crippen LogP contribution in [-0.2, 0) is 9.53 Å². The van der Waals surface area contributed by atoms with E-state index in [1.165, 1.54) is 0 Å². The van der Waals surface area contributed by atoms with E-state index in [1.54, 1.807) is 7.11 Å². The van der Waals surface area contributed by atoms with Gasteiger partial charge in [0.05, 0.1) is 6.61 Å². The minimum atomic E-state index is -0.765. The molecule has 2 N–H and O–H groups in total. The highest BCUT2D eigenvalue weighted by atomic mass is 16.5. The maximum atomic E-state index is 11.1. The Bertz CT molecular complexity index is 224. The van der Waals surface area contributed by atoms with Crippen molar-refractivity contribution >= 4 is 5.97 Å². The number of ether oxygens (including phenoxy) is 1. The average Bonchev–Trinajstić information content (AvgIpc) is 2.33. The summed E-state index contributed by atoms with van der Waals surface area (Å²) in [4.78, 5) is 13.3. The van der Waals surface area contributed by atoms with Crippen molar-refractivity contribution in [2.45, 2.75) is 45.7 Å². The van der Waals surface area contributed by atoms with E-state index < -0.39 is 12.0 Å². The number of hydrogen-bond acceptors (Lipinski definition) is 4. The molecule has 0 rings (SSSR count). The van der Waals surface area contributed by atoms with Gasteiger partial charge in [0.15, 0.2) is 0 Å². The first kappa shape index (κ1) is 17.4. The Kier molecular flexibility index (Phi) is 9.92. The lowest BCUT2D eigenvalue weighted by molar-refractivity contribution is -0.139. The molecule has 2 unspecified atom stereocenters. The van der Waals surface area contributed by atoms with Gasteiger partial charge in [-0.2, -0.15) is 0 Å². The summed E-state index contributed by atoms with van der Waals surface area (Å²) in [5.74, 6) is -0.765. The van der Waals surface area contributed by atoms with Gasteiger partial charge in [0, 0.05) is 19.7 Å². The topological polar surface area (TPSA) is 61.8 Å². The molecular formula is C13H28N2O3. The second-order valence-corrected chi connectivity index (χ2v) is 4.57. The lowest BCUT2D eigenvalue weighted by Gasteiger charge is -2.28. The van der Waals surface area contributed by atoms with Gasteiger partial charge in [-0.3, -0.25) is 9.69 Å². The van der Waals surface area contributed by atoms with Crippen LogP contribution in [0.2, 0.25) is 0 Å². The third-order valence-electron chi connectivity index (χ3n) is 3.08. The molecule has 5 heteroatoms. The van der Waals surface area contributed by atoms with Crippen molar-refractivity contribution in [3.8, 4) is 0 Å². The smallest absolute Gasteiger partial charge is 0.320 e. The fourth-order valence-corrected chi connectivity index (χ4v) is 1.96. The molecule has 5 nitrogen and oxygen atoms in total. The van der Waals surface area contributed by atoms with Crippen molar-refractivity contribution in [3.05, 3.63) is 0 Å². The zero-order valence-corrected chi connectivity index (χ0v) is 12.1. The molecule has 0 aromatic heterocycles. The fraction of sp³-hybridized carbons (Fsp3) is 0.923. The first-order chi connectivity index (χ1) is 8.56. The summed E-state index contributed by atoms with van der Waals surface area (Å²) in [7, 11) is 1.69. The second kappa shape index (κ2) is 10.3. The van der Waals surface area contributed by atoms with Crippen molar-refractivity contribution in [1.82, 2.24) is 10.2 Å². The molecule has 0 radical (unpaired) electrons. The van der Waals surface area contributed by atoms with E-state index in [4.69, 9.17) is 9.84 Å². The number of carboxylic acids is 1. The normalized spacial score (nSPS) is 14.7. The van der Waals surface area contributed by atoms with Crippen LogP contribution in [0.3, 0.4) is 0 Å². The molecule has 0 aromatic rings. The fourth-order valence-electron chi connectivity index (χ4n) is 1.96. The van der Waals surface area contributed by atoms with Gasteiger partial charge >= 0.3 is 5.97 Å². The highest BCUT2D eigenvalue weighted by Gasteiger charge is 2.19. The summed E-state index contributed by atoms with van der Waals surface area (Å²) in [6.45, 7) is 9.32. The van der Waals surface area contributed by atoms with Crippen LogP contribution in [0.1, 0.15) is 33.6 Å². The number of likely N-dealkylation sites (N-methyl/N-ethyl adjacent to an activating group) is 1. The van der Waals surface area contributed by atoms with Crippen LogP contribution in [0.4, 0.5) is 0 Å². The molecule has 108 valence electrons. The average molecular weight is 260 g/mol. The second-order valence-electron chi connectivity index (χ2n) is 4.57. The number of carbonyl (C=O) groups is 1. The van der Waals surface area contributed by atoms with Gasteiger partial charge in [-0.15, -0.1) is 0 Å². The highest BCUT2D eigenvalue weighted by molar-refractivity contribution is 5.73. The van der Waals surface area contributed by atoms with E-state index in [0.717, 1.165) is 26.1 Å². The Balaban J connectivity index is 4.16. The van der Waals surface area contributed by atoms with Gasteiger partial charge < -0.3 is 15.2 Å². The summed E-state index contributed by atoms with van der Waals surface area (Å²) in [6, 6.07) is -0.130. The van der Waals surface area contributed by atoms with Crippen molar-refractivity contribution in [3.63, 3.8) is 0 Å². The zero-order valence-electron chi connectivity index (χ0n) is 12.1. The zero-order chi connectivity index (χ0) is 14.0. The van der Waals surface area contributed by atoms with Crippen LogP contribution in [0, 0.1) is 0 Å². The molecule has 0 amide bonds. The van der Waals surface area contributed by atoms with Crippen molar-refractivity contribution in [1.29, 1.82) is 0 Å². The Hall–Kier alpha value is -0.650. The molecule has 0 saturated heterocycles. The van der Waals surface area contributed by atoms with E-state index >= 15 is 0 Å². The Morgan fingerprint density at radius 1 is 1.44 bits per heavy atom. The molecule has 0 aliphatic carbocycles. The van der Waals surface area contributed by atoms with Gasteiger partial charge in [-0.05, 0) is 32.9 Å². The van der Waals surface area contributed by atoms with E-state index in [2.05, 4.69) is 24.1 Å². The Morgan fingerprint density at radius 2 is 2.11 bits per heavy atom. The van der Waals surface area contributed by atoms with E-state index in [1.807, 2.05) is 6.92 Å². The van der Waals surface area contributed by atoms with Crippen LogP contribution in [-0.4, -0.2) is 61.4 Å². The number of rotatable bonds is 11. The molecule has 0 aromatic carbocycles. The Morgan fingerprint density at radius 3 is 2.56 bits per heavy atom. The predicted octanol–water partition coefficient (Wildman–Crippen LogP) is 1.19. The van der Waals surface area contributed by atoms with Gasteiger partial charge in [0.25, 0.3) is 0 Å². The van der Waals surface area contributed by atoms with Gasteiger partial charge in [-0.1, -0.05) is 13.8 Å². The van der Waals surface area contributed by atoms with E-state index in [-0.39, 0.29) is 0 Å². The third-order valence-corrected chi connectivity index (χ3v) is 3.08. The standard InChI is InChI=1S/C13H28N2O3/c1-5-8-14-12(13(16)17)7-9-15(6-2)11(3)10-18-4/h11-12,14H,5-10H2,1-4H3,(H,16,17). The van der Waals surface area contributed by atoms with Crippen molar-refractivity contribution in [2.24, 2.45) is 0 Å². The van der Waals surface area contributed by atoms with Crippen LogP contribution < -0.4 is 5.32 Å². The van der Waals surface area contributed by atoms with E-state index in [9.17, 15) is 4.79 Å². The van der Waals surface area contributed by atoms with Crippen LogP contribution in [0.15, 0.2) is 0 Å². The first-order valence-corrected chi connectivity index (χ1v) is 6.75. The number of hydrogen-bond donors (Lipinski definition) is 2. The summed E-state index contributed by atoms with van der Waals surface area (Å²) < 4.78 is 5.13. The number of carboxylic acid groups (broad SMARTS) is 1. The summed E-state index contributed by atoms with van der Waals surface area (Å²) in [5, 5.41) is 12.2. The summed E-state index contributed by atoms with van der Waals surface area (Å²) >= 11 is 0. The van der Waals surface area contributed by atoms with Crippen LogP contribution >= 0.6 is 0 Å². The lowest BCUT2D eigenvalue weighted by Crippen LogP contribution is -2.43. The van der Waals surface area contributed by atoms with Crippen LogP contribution in [0.5, 0.6) is 0 Å². The maximum Gasteiger partial charge on any atom is 0.320 e. The molecule has 18 heavy (non-hydrogen) atoms. The lowest BCUT2D eigenvalue weighted by atomic mass is 10.1. The molecule has 0 spiro atoms. The van der Waals surface area contributed by atoms with Gasteiger partial charge in [0.2, 0.25) is 0 Å². The summed E-state index contributed by atoms with van der Waals surface area (Å²) in [5.41, 5.74) is 0. The number of nitrogens with zero attached hydrogens (tertiary/aromatic N) is 1. The monoisotopic (exact) mass is 260 g/mol. The SMILES string of the molecule is CCCNC(CCN(CC)C(C)COC)C(=O)O. The molecule has 0 heterocycles. The van der Waals surface area contributed by atoms with Crippen LogP contribution in [0.25, 0.3) is 0 Å². The largest absolute Gasteiger partial charge is 0.480 e. The van der Waals surface area contributed by atoms with Crippen molar-refractivity contribution < 1.29 is 14.6 Å². The number of methoxy groups -OCH3 is 1. The minimum Gasteiger partial charge on any atom is -0.480 e. The first-order valence-electron chi connectivity index (χ1n) is 6.75. The Labute approximate surface area is 110 Å². The molecule has 0 fully saturated rings. The van der Waals surface area contributed by atoms with Crippen molar-refractivity contribution in [2.75, 3.05) is 33.4 Å². The molecule has 0 saturated carbocycles. The number of aliphatic carboxylic acids is 1. The maximum absolute atomic E-state index is 11.1. The quantitative estimate of drug-likeness (QED) is 0.584. The number of nitrogens with one attached hydrogen (secondary N) is 1. The molecule has 0 aliphatic heterocycles. The third kappa shape index (κ3) is 6.93. The molecule has 2 atom stereocenters. The molecule has 0 aliphatic rings. The van der Waals surface area contributed by atoms with Gasteiger partial charge in [0.1, 0.15) is 6.04 Å². The highest BCUT2D eigenvalue weighted by Crippen LogP contribution is 2.03. The van der Waals surface area contributed by atoms with E-state index in [0.29, 0.717) is 19.1 Å². The van der Waals surface area contributed by atoms with Gasteiger partial charge in [-0.25, -0.2) is 0 Å². The minimum absolute atomic E-state index is 0.320. The predicted molar refractivity (Wildman–Crippen MR) is 72.9 cm³/mol. The summed E-state index contributed by atoms with van der Waals surface area (Å²) in [6.07, 6.45) is 1.57. The molecular weight excluding hydrogens is 232 g/mol.